The minimum absolute atomic E-state index is 0.0246. The number of rotatable bonds is 7. The maximum absolute atomic E-state index is 12.6. The van der Waals surface area contributed by atoms with Crippen LogP contribution in [0.15, 0.2) is 17.5 Å². The SMILES string of the molecule is CCSCCC(C)N1C(=O)C(CC)NC1c1cccs1. The Morgan fingerprint density at radius 1 is 1.50 bits per heavy atom. The van der Waals surface area contributed by atoms with Crippen LogP contribution < -0.4 is 5.32 Å². The topological polar surface area (TPSA) is 32.3 Å². The highest BCUT2D eigenvalue weighted by Gasteiger charge is 2.41. The van der Waals surface area contributed by atoms with E-state index in [2.05, 4.69) is 48.5 Å². The van der Waals surface area contributed by atoms with Gasteiger partial charge in [0.15, 0.2) is 0 Å². The van der Waals surface area contributed by atoms with Crippen molar-refractivity contribution in [2.24, 2.45) is 0 Å². The molecule has 1 aromatic rings. The zero-order chi connectivity index (χ0) is 14.5. The Balaban J connectivity index is 2.10. The summed E-state index contributed by atoms with van der Waals surface area (Å²) in [5.41, 5.74) is 0. The first kappa shape index (κ1) is 15.9. The zero-order valence-electron chi connectivity index (χ0n) is 12.5. The summed E-state index contributed by atoms with van der Waals surface area (Å²) in [5, 5.41) is 5.57. The highest BCUT2D eigenvalue weighted by molar-refractivity contribution is 7.99. The highest BCUT2D eigenvalue weighted by Crippen LogP contribution is 2.32. The van der Waals surface area contributed by atoms with Crippen LogP contribution >= 0.6 is 23.1 Å². The molecule has 3 atom stereocenters. The number of hydrogen-bond donors (Lipinski definition) is 1. The van der Waals surface area contributed by atoms with E-state index in [0.29, 0.717) is 0 Å². The Labute approximate surface area is 130 Å². The van der Waals surface area contributed by atoms with Crippen LogP contribution in [0.3, 0.4) is 0 Å². The number of amides is 1. The average Bonchev–Trinajstić information content (AvgIpc) is 3.06. The van der Waals surface area contributed by atoms with Gasteiger partial charge in [0, 0.05) is 10.9 Å². The molecule has 2 heterocycles. The third-order valence-electron chi connectivity index (χ3n) is 3.77. The van der Waals surface area contributed by atoms with Gasteiger partial charge in [-0.1, -0.05) is 19.9 Å². The number of nitrogens with one attached hydrogen (secondary N) is 1. The van der Waals surface area contributed by atoms with Crippen LogP contribution in [0.2, 0.25) is 0 Å². The second-order valence-electron chi connectivity index (χ2n) is 5.13. The third-order valence-corrected chi connectivity index (χ3v) is 5.63. The van der Waals surface area contributed by atoms with Crippen molar-refractivity contribution in [3.63, 3.8) is 0 Å². The number of thioether (sulfide) groups is 1. The predicted molar refractivity (Wildman–Crippen MR) is 88.2 cm³/mol. The summed E-state index contributed by atoms with van der Waals surface area (Å²) in [4.78, 5) is 15.9. The van der Waals surface area contributed by atoms with Gasteiger partial charge in [-0.2, -0.15) is 11.8 Å². The summed E-state index contributed by atoms with van der Waals surface area (Å²) >= 11 is 3.67. The molecule has 1 amide bonds. The first-order valence-electron chi connectivity index (χ1n) is 7.38. The molecule has 1 saturated heterocycles. The molecule has 20 heavy (non-hydrogen) atoms. The summed E-state index contributed by atoms with van der Waals surface area (Å²) in [7, 11) is 0. The van der Waals surface area contributed by atoms with E-state index in [1.54, 1.807) is 11.3 Å². The van der Waals surface area contributed by atoms with Gasteiger partial charge in [-0.05, 0) is 42.7 Å². The number of nitrogens with zero attached hydrogens (tertiary/aromatic N) is 1. The number of thiophene rings is 1. The summed E-state index contributed by atoms with van der Waals surface area (Å²) in [5.74, 6) is 2.53. The van der Waals surface area contributed by atoms with Crippen molar-refractivity contribution in [2.45, 2.75) is 51.9 Å². The molecule has 0 spiro atoms. The molecule has 3 unspecified atom stereocenters. The predicted octanol–water partition coefficient (Wildman–Crippen LogP) is 3.49. The van der Waals surface area contributed by atoms with Gasteiger partial charge in [-0.15, -0.1) is 11.3 Å². The van der Waals surface area contributed by atoms with E-state index in [9.17, 15) is 4.79 Å². The summed E-state index contributed by atoms with van der Waals surface area (Å²) in [6, 6.07) is 4.44. The molecule has 0 saturated carbocycles. The summed E-state index contributed by atoms with van der Waals surface area (Å²) < 4.78 is 0. The smallest absolute Gasteiger partial charge is 0.241 e. The minimum atomic E-state index is -0.0246. The van der Waals surface area contributed by atoms with Crippen molar-refractivity contribution in [1.29, 1.82) is 0 Å². The fraction of sp³-hybridized carbons (Fsp3) is 0.667. The van der Waals surface area contributed by atoms with Crippen LogP contribution in [0, 0.1) is 0 Å². The van der Waals surface area contributed by atoms with E-state index >= 15 is 0 Å². The van der Waals surface area contributed by atoms with Gasteiger partial charge in [0.25, 0.3) is 0 Å². The van der Waals surface area contributed by atoms with Gasteiger partial charge in [0.05, 0.1) is 6.04 Å². The molecule has 112 valence electrons. The lowest BCUT2D eigenvalue weighted by Crippen LogP contribution is -2.38. The maximum atomic E-state index is 12.6. The Morgan fingerprint density at radius 3 is 2.90 bits per heavy atom. The summed E-state index contributed by atoms with van der Waals surface area (Å²) in [6.07, 6.45) is 1.98. The normalized spacial score (nSPS) is 24.4. The molecule has 0 aromatic carbocycles. The monoisotopic (exact) mass is 312 g/mol. The number of carbonyl (C=O) groups is 1. The Kier molecular flexibility index (Phi) is 5.93. The van der Waals surface area contributed by atoms with Crippen LogP contribution in [0.5, 0.6) is 0 Å². The van der Waals surface area contributed by atoms with E-state index in [1.807, 2.05) is 11.8 Å². The second kappa shape index (κ2) is 7.48. The zero-order valence-corrected chi connectivity index (χ0v) is 14.1. The van der Waals surface area contributed by atoms with Crippen LogP contribution in [0.1, 0.15) is 44.7 Å². The molecule has 1 aliphatic heterocycles. The molecule has 1 N–H and O–H groups in total. The lowest BCUT2D eigenvalue weighted by Gasteiger charge is -2.29. The van der Waals surface area contributed by atoms with Crippen LogP contribution in [-0.2, 0) is 4.79 Å². The molecule has 0 radical (unpaired) electrons. The Bertz CT molecular complexity index is 422. The molecule has 0 bridgehead atoms. The molecule has 2 rings (SSSR count). The van der Waals surface area contributed by atoms with E-state index in [0.717, 1.165) is 24.3 Å². The van der Waals surface area contributed by atoms with E-state index < -0.39 is 0 Å². The highest BCUT2D eigenvalue weighted by atomic mass is 32.2. The average molecular weight is 313 g/mol. The standard InChI is InChI=1S/C15H24N2OS2/c1-4-12-15(18)17(11(3)8-10-19-5-2)14(16-12)13-7-6-9-20-13/h6-7,9,11-12,14,16H,4-5,8,10H2,1-3H3. The van der Waals surface area contributed by atoms with Crippen LogP contribution in [0.25, 0.3) is 0 Å². The summed E-state index contributed by atoms with van der Waals surface area (Å²) in [6.45, 7) is 6.43. The number of hydrogen-bond acceptors (Lipinski definition) is 4. The van der Waals surface area contributed by atoms with Gasteiger partial charge in [-0.25, -0.2) is 0 Å². The van der Waals surface area contributed by atoms with Crippen molar-refractivity contribution < 1.29 is 4.79 Å². The fourth-order valence-corrected chi connectivity index (χ4v) is 4.20. The van der Waals surface area contributed by atoms with Gasteiger partial charge in [0.2, 0.25) is 5.91 Å². The van der Waals surface area contributed by atoms with E-state index in [-0.39, 0.29) is 24.2 Å². The molecule has 0 aliphatic carbocycles. The second-order valence-corrected chi connectivity index (χ2v) is 7.50. The minimum Gasteiger partial charge on any atom is -0.318 e. The third kappa shape index (κ3) is 3.38. The van der Waals surface area contributed by atoms with Crippen LogP contribution in [0.4, 0.5) is 0 Å². The van der Waals surface area contributed by atoms with Gasteiger partial charge < -0.3 is 4.90 Å². The lowest BCUT2D eigenvalue weighted by atomic mass is 10.2. The largest absolute Gasteiger partial charge is 0.318 e. The van der Waals surface area contributed by atoms with Gasteiger partial charge in [-0.3, -0.25) is 10.1 Å². The first-order valence-corrected chi connectivity index (χ1v) is 9.41. The maximum Gasteiger partial charge on any atom is 0.241 e. The van der Waals surface area contributed by atoms with Gasteiger partial charge in [0.1, 0.15) is 6.17 Å². The van der Waals surface area contributed by atoms with E-state index in [1.165, 1.54) is 4.88 Å². The quantitative estimate of drug-likeness (QED) is 0.782. The van der Waals surface area contributed by atoms with Crippen molar-refractivity contribution >= 4 is 29.0 Å². The molecule has 1 aromatic heterocycles. The van der Waals surface area contributed by atoms with Crippen LogP contribution in [-0.4, -0.2) is 34.4 Å². The number of carbonyl (C=O) groups excluding carboxylic acids is 1. The molecule has 3 nitrogen and oxygen atoms in total. The molecular weight excluding hydrogens is 288 g/mol. The Hall–Kier alpha value is -0.520. The van der Waals surface area contributed by atoms with Crippen molar-refractivity contribution in [2.75, 3.05) is 11.5 Å². The van der Waals surface area contributed by atoms with Crippen molar-refractivity contribution in [3.8, 4) is 0 Å². The Morgan fingerprint density at radius 2 is 2.30 bits per heavy atom. The molecule has 1 aliphatic rings. The van der Waals surface area contributed by atoms with Crippen molar-refractivity contribution in [1.82, 2.24) is 10.2 Å². The van der Waals surface area contributed by atoms with E-state index in [4.69, 9.17) is 0 Å². The van der Waals surface area contributed by atoms with Crippen molar-refractivity contribution in [3.05, 3.63) is 22.4 Å². The fourth-order valence-electron chi connectivity index (χ4n) is 2.62. The molecule has 5 heteroatoms. The molecular formula is C15H24N2OS2. The first-order chi connectivity index (χ1) is 9.69. The lowest BCUT2D eigenvalue weighted by molar-refractivity contribution is -0.132. The van der Waals surface area contributed by atoms with Gasteiger partial charge >= 0.3 is 0 Å². The molecule has 1 fully saturated rings.